The van der Waals surface area contributed by atoms with E-state index >= 15 is 0 Å². The average molecular weight is 186 g/mol. The Bertz CT molecular complexity index is 169. The molecule has 0 aromatic rings. The maximum Gasteiger partial charge on any atom is 0.0648 e. The smallest absolute Gasteiger partial charge is 0.0648 e. The lowest BCUT2D eigenvalue weighted by Gasteiger charge is -2.29. The van der Waals surface area contributed by atoms with Crippen LogP contribution in [0.1, 0.15) is 46.5 Å². The number of hydrogen-bond acceptors (Lipinski definition) is 2. The van der Waals surface area contributed by atoms with Crippen LogP contribution in [0.25, 0.3) is 0 Å². The fourth-order valence-corrected chi connectivity index (χ4v) is 1.57. The van der Waals surface area contributed by atoms with Gasteiger partial charge in [0.05, 0.1) is 11.2 Å². The van der Waals surface area contributed by atoms with Gasteiger partial charge in [0.2, 0.25) is 0 Å². The van der Waals surface area contributed by atoms with E-state index in [9.17, 15) is 5.11 Å². The van der Waals surface area contributed by atoms with Gasteiger partial charge in [-0.3, -0.25) is 0 Å². The van der Waals surface area contributed by atoms with Gasteiger partial charge >= 0.3 is 0 Å². The highest BCUT2D eigenvalue weighted by Gasteiger charge is 2.40. The molecule has 1 aliphatic carbocycles. The van der Waals surface area contributed by atoms with Gasteiger partial charge in [-0.25, -0.2) is 0 Å². The van der Waals surface area contributed by atoms with Crippen molar-refractivity contribution >= 4 is 0 Å². The molecule has 0 aliphatic heterocycles. The minimum Gasteiger partial charge on any atom is -0.390 e. The Kier molecular flexibility index (Phi) is 3.03. The quantitative estimate of drug-likeness (QED) is 0.714. The number of ether oxygens (including phenoxy) is 1. The monoisotopic (exact) mass is 186 g/mol. The van der Waals surface area contributed by atoms with Crippen molar-refractivity contribution in [1.82, 2.24) is 0 Å². The Labute approximate surface area is 81.3 Å². The van der Waals surface area contributed by atoms with Crippen molar-refractivity contribution in [3.05, 3.63) is 0 Å². The summed E-state index contributed by atoms with van der Waals surface area (Å²) in [5, 5.41) is 10.1. The Hall–Kier alpha value is -0.0800. The van der Waals surface area contributed by atoms with Gasteiger partial charge in [0.25, 0.3) is 0 Å². The molecule has 0 amide bonds. The van der Waals surface area contributed by atoms with Gasteiger partial charge < -0.3 is 9.84 Å². The molecule has 0 saturated heterocycles. The van der Waals surface area contributed by atoms with Crippen LogP contribution >= 0.6 is 0 Å². The van der Waals surface area contributed by atoms with Gasteiger partial charge in [0.15, 0.2) is 0 Å². The summed E-state index contributed by atoms with van der Waals surface area (Å²) in [7, 11) is 1.73. The predicted molar refractivity (Wildman–Crippen MR) is 53.7 cm³/mol. The molecular weight excluding hydrogens is 164 g/mol. The first kappa shape index (κ1) is 11.0. The molecule has 1 unspecified atom stereocenters. The van der Waals surface area contributed by atoms with Crippen LogP contribution in [-0.4, -0.2) is 23.4 Å². The largest absolute Gasteiger partial charge is 0.390 e. The molecule has 0 heterocycles. The molecular formula is C11H22O2. The molecule has 2 nitrogen and oxygen atoms in total. The van der Waals surface area contributed by atoms with Gasteiger partial charge in [0.1, 0.15) is 0 Å². The van der Waals surface area contributed by atoms with Crippen molar-refractivity contribution < 1.29 is 9.84 Å². The summed E-state index contributed by atoms with van der Waals surface area (Å²) < 4.78 is 5.32. The van der Waals surface area contributed by atoms with E-state index in [1.165, 1.54) is 12.8 Å². The zero-order valence-corrected chi connectivity index (χ0v) is 9.26. The standard InChI is InChI=1S/C11H22O2/c1-10(2,13-4)7-8-11(3,12)9-5-6-9/h9,12H,5-8H2,1-4H3. The summed E-state index contributed by atoms with van der Waals surface area (Å²) in [6, 6.07) is 0. The molecule has 78 valence electrons. The number of methoxy groups -OCH3 is 1. The molecule has 2 heteroatoms. The van der Waals surface area contributed by atoms with Gasteiger partial charge in [-0.15, -0.1) is 0 Å². The highest BCUT2D eigenvalue weighted by molar-refractivity contribution is 4.92. The Morgan fingerprint density at radius 1 is 1.23 bits per heavy atom. The first-order valence-corrected chi connectivity index (χ1v) is 5.15. The molecule has 1 aliphatic rings. The van der Waals surface area contributed by atoms with Gasteiger partial charge in [0, 0.05) is 7.11 Å². The SMILES string of the molecule is COC(C)(C)CCC(C)(O)C1CC1. The van der Waals surface area contributed by atoms with Crippen molar-refractivity contribution in [2.24, 2.45) is 5.92 Å². The fraction of sp³-hybridized carbons (Fsp3) is 1.00. The van der Waals surface area contributed by atoms with E-state index in [1.54, 1.807) is 7.11 Å². The lowest BCUT2D eigenvalue weighted by molar-refractivity contribution is -0.0276. The molecule has 0 aromatic heterocycles. The van der Waals surface area contributed by atoms with Crippen LogP contribution < -0.4 is 0 Å². The molecule has 1 fully saturated rings. The van der Waals surface area contributed by atoms with Crippen LogP contribution in [-0.2, 0) is 4.74 Å². The number of aliphatic hydroxyl groups is 1. The minimum absolute atomic E-state index is 0.0983. The second kappa shape index (κ2) is 3.58. The predicted octanol–water partition coefficient (Wildman–Crippen LogP) is 2.35. The lowest BCUT2D eigenvalue weighted by Crippen LogP contribution is -2.32. The molecule has 1 atom stereocenters. The minimum atomic E-state index is -0.462. The Morgan fingerprint density at radius 2 is 1.77 bits per heavy atom. The van der Waals surface area contributed by atoms with Crippen LogP contribution in [0.15, 0.2) is 0 Å². The van der Waals surface area contributed by atoms with Crippen LogP contribution in [0.2, 0.25) is 0 Å². The molecule has 13 heavy (non-hydrogen) atoms. The third-order valence-electron chi connectivity index (χ3n) is 3.24. The molecule has 0 radical (unpaired) electrons. The van der Waals surface area contributed by atoms with Crippen LogP contribution in [0.5, 0.6) is 0 Å². The summed E-state index contributed by atoms with van der Waals surface area (Å²) in [5.74, 6) is 0.542. The van der Waals surface area contributed by atoms with Gasteiger partial charge in [-0.2, -0.15) is 0 Å². The molecule has 1 rings (SSSR count). The Balaban J connectivity index is 2.32. The normalized spacial score (nSPS) is 22.8. The van der Waals surface area contributed by atoms with E-state index in [-0.39, 0.29) is 5.60 Å². The zero-order chi connectivity index (χ0) is 10.1. The van der Waals surface area contributed by atoms with Gasteiger partial charge in [-0.05, 0) is 52.4 Å². The van der Waals surface area contributed by atoms with E-state index in [1.807, 2.05) is 6.92 Å². The van der Waals surface area contributed by atoms with E-state index in [0.717, 1.165) is 12.8 Å². The van der Waals surface area contributed by atoms with Crippen molar-refractivity contribution in [3.8, 4) is 0 Å². The van der Waals surface area contributed by atoms with Crippen LogP contribution in [0.4, 0.5) is 0 Å². The Morgan fingerprint density at radius 3 is 2.15 bits per heavy atom. The molecule has 1 saturated carbocycles. The fourth-order valence-electron chi connectivity index (χ4n) is 1.57. The zero-order valence-electron chi connectivity index (χ0n) is 9.26. The summed E-state index contributed by atoms with van der Waals surface area (Å²) in [6.45, 7) is 6.09. The van der Waals surface area contributed by atoms with E-state index in [2.05, 4.69) is 13.8 Å². The van der Waals surface area contributed by atoms with Gasteiger partial charge in [-0.1, -0.05) is 0 Å². The van der Waals surface area contributed by atoms with E-state index in [0.29, 0.717) is 5.92 Å². The molecule has 0 aromatic carbocycles. The summed E-state index contributed by atoms with van der Waals surface area (Å²) in [6.07, 6.45) is 4.16. The number of rotatable bonds is 5. The highest BCUT2D eigenvalue weighted by atomic mass is 16.5. The summed E-state index contributed by atoms with van der Waals surface area (Å²) >= 11 is 0. The maximum atomic E-state index is 10.1. The molecule has 0 spiro atoms. The van der Waals surface area contributed by atoms with Crippen LogP contribution in [0.3, 0.4) is 0 Å². The van der Waals surface area contributed by atoms with Crippen molar-refractivity contribution in [2.45, 2.75) is 57.7 Å². The van der Waals surface area contributed by atoms with E-state index < -0.39 is 5.60 Å². The summed E-state index contributed by atoms with van der Waals surface area (Å²) in [4.78, 5) is 0. The summed E-state index contributed by atoms with van der Waals surface area (Å²) in [5.41, 5.74) is -0.561. The second-order valence-corrected chi connectivity index (χ2v) is 5.10. The second-order valence-electron chi connectivity index (χ2n) is 5.10. The van der Waals surface area contributed by atoms with Crippen molar-refractivity contribution in [1.29, 1.82) is 0 Å². The highest BCUT2D eigenvalue weighted by Crippen LogP contribution is 2.42. The first-order chi connectivity index (χ1) is 5.87. The van der Waals surface area contributed by atoms with Crippen molar-refractivity contribution in [2.75, 3.05) is 7.11 Å². The van der Waals surface area contributed by atoms with Crippen molar-refractivity contribution in [3.63, 3.8) is 0 Å². The molecule has 0 bridgehead atoms. The number of hydrogen-bond donors (Lipinski definition) is 1. The topological polar surface area (TPSA) is 29.5 Å². The van der Waals surface area contributed by atoms with Crippen LogP contribution in [0, 0.1) is 5.92 Å². The first-order valence-electron chi connectivity index (χ1n) is 5.15. The molecule has 1 N–H and O–H groups in total. The van der Waals surface area contributed by atoms with E-state index in [4.69, 9.17) is 4.74 Å². The third kappa shape index (κ3) is 3.28. The maximum absolute atomic E-state index is 10.1. The third-order valence-corrected chi connectivity index (χ3v) is 3.24. The lowest BCUT2D eigenvalue weighted by atomic mass is 9.89. The average Bonchev–Trinajstić information content (AvgIpc) is 2.84.